The molecule has 3 aromatic rings. The van der Waals surface area contributed by atoms with Gasteiger partial charge in [0.2, 0.25) is 0 Å². The Hall–Kier alpha value is -2.54. The van der Waals surface area contributed by atoms with Crippen molar-refractivity contribution in [2.75, 3.05) is 5.73 Å². The van der Waals surface area contributed by atoms with Crippen LogP contribution in [0.25, 0.3) is 10.2 Å². The van der Waals surface area contributed by atoms with Gasteiger partial charge in [-0.2, -0.15) is 5.10 Å². The van der Waals surface area contributed by atoms with Crippen LogP contribution in [0.4, 0.5) is 10.1 Å². The number of anilines is 1. The van der Waals surface area contributed by atoms with Gasteiger partial charge in [0.1, 0.15) is 15.5 Å². The first-order chi connectivity index (χ1) is 11.0. The zero-order valence-electron chi connectivity index (χ0n) is 12.7. The number of aryl methyl sites for hydroxylation is 2. The SMILES string of the molecule is Cc1nnc2sc(C(=O)NCc3ccc(F)cc3)c(N)c2c1C. The molecular weight excluding hydrogens is 315 g/mol. The zero-order chi connectivity index (χ0) is 16.6. The maximum absolute atomic E-state index is 12.9. The Morgan fingerprint density at radius 3 is 2.65 bits per heavy atom. The summed E-state index contributed by atoms with van der Waals surface area (Å²) in [6.45, 7) is 4.07. The number of nitrogen functional groups attached to an aromatic ring is 1. The standard InChI is InChI=1S/C16H15FN4OS/c1-8-9(2)20-21-16-12(8)13(18)14(23-16)15(22)19-7-10-3-5-11(17)6-4-10/h3-6H,7,18H2,1-2H3,(H,19,22). The van der Waals surface area contributed by atoms with E-state index < -0.39 is 0 Å². The molecule has 5 nitrogen and oxygen atoms in total. The predicted octanol–water partition coefficient (Wildman–Crippen LogP) is 2.96. The average molecular weight is 330 g/mol. The van der Waals surface area contributed by atoms with E-state index in [9.17, 15) is 9.18 Å². The number of rotatable bonds is 3. The van der Waals surface area contributed by atoms with Crippen molar-refractivity contribution >= 4 is 33.1 Å². The third-order valence-electron chi connectivity index (χ3n) is 3.71. The summed E-state index contributed by atoms with van der Waals surface area (Å²) in [5.74, 6) is -0.579. The Morgan fingerprint density at radius 1 is 1.26 bits per heavy atom. The first-order valence-corrected chi connectivity index (χ1v) is 7.83. The van der Waals surface area contributed by atoms with Gasteiger partial charge < -0.3 is 11.1 Å². The molecule has 118 valence electrons. The summed E-state index contributed by atoms with van der Waals surface area (Å²) < 4.78 is 12.9. The molecular formula is C16H15FN4OS. The van der Waals surface area contributed by atoms with Crippen LogP contribution in [0.1, 0.15) is 26.5 Å². The van der Waals surface area contributed by atoms with Crippen molar-refractivity contribution in [3.05, 3.63) is 51.8 Å². The van der Waals surface area contributed by atoms with E-state index >= 15 is 0 Å². The molecule has 0 bridgehead atoms. The third-order valence-corrected chi connectivity index (χ3v) is 4.80. The number of carbonyl (C=O) groups excluding carboxylic acids is 1. The van der Waals surface area contributed by atoms with Gasteiger partial charge in [0.05, 0.1) is 11.4 Å². The lowest BCUT2D eigenvalue weighted by atomic mass is 10.1. The molecule has 0 atom stereocenters. The smallest absolute Gasteiger partial charge is 0.263 e. The Morgan fingerprint density at radius 2 is 1.96 bits per heavy atom. The number of benzene rings is 1. The van der Waals surface area contributed by atoms with Gasteiger partial charge >= 0.3 is 0 Å². The highest BCUT2D eigenvalue weighted by atomic mass is 32.1. The number of aromatic nitrogens is 2. The van der Waals surface area contributed by atoms with Crippen LogP contribution in [0.2, 0.25) is 0 Å². The number of fused-ring (bicyclic) bond motifs is 1. The number of amides is 1. The highest BCUT2D eigenvalue weighted by Crippen LogP contribution is 2.34. The number of hydrogen-bond donors (Lipinski definition) is 2. The van der Waals surface area contributed by atoms with Crippen molar-refractivity contribution in [3.63, 3.8) is 0 Å². The summed E-state index contributed by atoms with van der Waals surface area (Å²) in [6.07, 6.45) is 0. The minimum absolute atomic E-state index is 0.271. The van der Waals surface area contributed by atoms with Crippen molar-refractivity contribution in [2.24, 2.45) is 0 Å². The number of hydrogen-bond acceptors (Lipinski definition) is 5. The molecule has 0 unspecified atom stereocenters. The molecule has 0 saturated carbocycles. The molecule has 0 spiro atoms. The summed E-state index contributed by atoms with van der Waals surface area (Å²) in [7, 11) is 0. The van der Waals surface area contributed by atoms with Crippen molar-refractivity contribution in [3.8, 4) is 0 Å². The Bertz CT molecular complexity index is 889. The molecule has 0 aliphatic rings. The molecule has 1 amide bonds. The van der Waals surface area contributed by atoms with Gasteiger partial charge in [-0.05, 0) is 37.1 Å². The average Bonchev–Trinajstić information content (AvgIpc) is 2.88. The van der Waals surface area contributed by atoms with Gasteiger partial charge in [-0.25, -0.2) is 4.39 Å². The summed E-state index contributed by atoms with van der Waals surface area (Å²) in [5, 5.41) is 11.7. The van der Waals surface area contributed by atoms with Crippen molar-refractivity contribution in [1.29, 1.82) is 0 Å². The van der Waals surface area contributed by atoms with Crippen LogP contribution >= 0.6 is 11.3 Å². The van der Waals surface area contributed by atoms with Gasteiger partial charge in [0.15, 0.2) is 0 Å². The van der Waals surface area contributed by atoms with Crippen molar-refractivity contribution < 1.29 is 9.18 Å². The van der Waals surface area contributed by atoms with Crippen LogP contribution in [0, 0.1) is 19.7 Å². The summed E-state index contributed by atoms with van der Waals surface area (Å²) >= 11 is 1.22. The number of halogens is 1. The van der Waals surface area contributed by atoms with E-state index in [1.807, 2.05) is 13.8 Å². The number of nitrogens with zero attached hydrogens (tertiary/aromatic N) is 2. The summed E-state index contributed by atoms with van der Waals surface area (Å²) in [4.78, 5) is 13.4. The van der Waals surface area contributed by atoms with E-state index in [1.54, 1.807) is 12.1 Å². The molecule has 7 heteroatoms. The first kappa shape index (κ1) is 15.4. The summed E-state index contributed by atoms with van der Waals surface area (Å²) in [5.41, 5.74) is 9.09. The lowest BCUT2D eigenvalue weighted by Gasteiger charge is -2.05. The molecule has 0 fully saturated rings. The second-order valence-corrected chi connectivity index (χ2v) is 6.24. The fourth-order valence-electron chi connectivity index (χ4n) is 2.27. The Labute approximate surface area is 136 Å². The van der Waals surface area contributed by atoms with Gasteiger partial charge in [0.25, 0.3) is 5.91 Å². The Balaban J connectivity index is 1.85. The van der Waals surface area contributed by atoms with Gasteiger partial charge in [-0.15, -0.1) is 16.4 Å². The quantitative estimate of drug-likeness (QED) is 0.773. The van der Waals surface area contributed by atoms with Crippen LogP contribution in [0.15, 0.2) is 24.3 Å². The fourth-order valence-corrected chi connectivity index (χ4v) is 3.29. The molecule has 3 N–H and O–H groups in total. The van der Waals surface area contributed by atoms with Crippen molar-refractivity contribution in [1.82, 2.24) is 15.5 Å². The normalized spacial score (nSPS) is 10.9. The largest absolute Gasteiger partial charge is 0.397 e. The van der Waals surface area contributed by atoms with Crippen LogP contribution < -0.4 is 11.1 Å². The number of nitrogens with two attached hydrogens (primary N) is 1. The lowest BCUT2D eigenvalue weighted by molar-refractivity contribution is 0.0956. The van der Waals surface area contributed by atoms with E-state index in [0.717, 1.165) is 22.2 Å². The molecule has 2 heterocycles. The predicted molar refractivity (Wildman–Crippen MR) is 88.9 cm³/mol. The second kappa shape index (κ2) is 5.92. The zero-order valence-corrected chi connectivity index (χ0v) is 13.5. The molecule has 0 aliphatic carbocycles. The third kappa shape index (κ3) is 2.87. The van der Waals surface area contributed by atoms with E-state index in [-0.39, 0.29) is 11.7 Å². The number of carbonyl (C=O) groups is 1. The minimum atomic E-state index is -0.307. The maximum Gasteiger partial charge on any atom is 0.263 e. The van der Waals surface area contributed by atoms with Gasteiger partial charge in [0, 0.05) is 11.9 Å². The number of thiophene rings is 1. The number of nitrogens with one attached hydrogen (secondary N) is 1. The summed E-state index contributed by atoms with van der Waals surface area (Å²) in [6, 6.07) is 5.97. The molecule has 3 rings (SSSR count). The van der Waals surface area contributed by atoms with E-state index in [1.165, 1.54) is 23.5 Å². The monoisotopic (exact) mass is 330 g/mol. The molecule has 0 aliphatic heterocycles. The second-order valence-electron chi connectivity index (χ2n) is 5.24. The minimum Gasteiger partial charge on any atom is -0.397 e. The molecule has 0 saturated heterocycles. The van der Waals surface area contributed by atoms with Gasteiger partial charge in [-0.3, -0.25) is 4.79 Å². The molecule has 23 heavy (non-hydrogen) atoms. The fraction of sp³-hybridized carbons (Fsp3) is 0.188. The first-order valence-electron chi connectivity index (χ1n) is 7.02. The van der Waals surface area contributed by atoms with Crippen molar-refractivity contribution in [2.45, 2.75) is 20.4 Å². The van der Waals surface area contributed by atoms with E-state index in [4.69, 9.17) is 5.73 Å². The Kier molecular flexibility index (Phi) is 3.96. The van der Waals surface area contributed by atoms with Crippen LogP contribution in [0.3, 0.4) is 0 Å². The molecule has 1 aromatic carbocycles. The van der Waals surface area contributed by atoms with E-state index in [0.29, 0.717) is 21.9 Å². The van der Waals surface area contributed by atoms with Crippen LogP contribution in [-0.4, -0.2) is 16.1 Å². The van der Waals surface area contributed by atoms with Crippen LogP contribution in [-0.2, 0) is 6.54 Å². The highest BCUT2D eigenvalue weighted by molar-refractivity contribution is 7.21. The molecule has 0 radical (unpaired) electrons. The van der Waals surface area contributed by atoms with Gasteiger partial charge in [-0.1, -0.05) is 12.1 Å². The molecule has 2 aromatic heterocycles. The maximum atomic E-state index is 12.9. The van der Waals surface area contributed by atoms with Crippen LogP contribution in [0.5, 0.6) is 0 Å². The highest BCUT2D eigenvalue weighted by Gasteiger charge is 2.19. The van der Waals surface area contributed by atoms with E-state index in [2.05, 4.69) is 15.5 Å². The lowest BCUT2D eigenvalue weighted by Crippen LogP contribution is -2.22. The topological polar surface area (TPSA) is 80.9 Å².